The van der Waals surface area contributed by atoms with Crippen molar-refractivity contribution in [3.8, 4) is 6.07 Å². The van der Waals surface area contributed by atoms with Crippen molar-refractivity contribution in [1.29, 1.82) is 5.26 Å². The monoisotopic (exact) mass is 285 g/mol. The number of hydrogen-bond acceptors (Lipinski definition) is 3. The minimum atomic E-state index is 0.722. The summed E-state index contributed by atoms with van der Waals surface area (Å²) in [5.41, 5.74) is 0.722. The molecule has 1 rings (SSSR count). The van der Waals surface area contributed by atoms with Crippen molar-refractivity contribution in [2.45, 2.75) is 11.3 Å². The Hall–Kier alpha value is -0.500. The molecule has 1 aromatic rings. The number of rotatable bonds is 5. The van der Waals surface area contributed by atoms with Crippen molar-refractivity contribution < 1.29 is 4.74 Å². The van der Waals surface area contributed by atoms with E-state index < -0.39 is 0 Å². The molecule has 0 aromatic heterocycles. The quantitative estimate of drug-likeness (QED) is 0.614. The highest BCUT2D eigenvalue weighted by molar-refractivity contribution is 9.10. The van der Waals surface area contributed by atoms with Crippen molar-refractivity contribution >= 4 is 27.7 Å². The third kappa shape index (κ3) is 3.86. The van der Waals surface area contributed by atoms with Gasteiger partial charge in [-0.05, 0) is 34.5 Å². The first-order chi connectivity index (χ1) is 7.29. The number of nitrogens with zero attached hydrogens (tertiary/aromatic N) is 1. The summed E-state index contributed by atoms with van der Waals surface area (Å²) in [6.45, 7) is 0.767. The molecule has 15 heavy (non-hydrogen) atoms. The van der Waals surface area contributed by atoms with Crippen LogP contribution in [-0.4, -0.2) is 19.5 Å². The number of ether oxygens (including phenoxy) is 1. The fraction of sp³-hybridized carbons (Fsp3) is 0.364. The van der Waals surface area contributed by atoms with Gasteiger partial charge in [0.05, 0.1) is 5.56 Å². The van der Waals surface area contributed by atoms with Crippen LogP contribution < -0.4 is 0 Å². The number of hydrogen-bond donors (Lipinski definition) is 0. The Morgan fingerprint density at radius 2 is 2.33 bits per heavy atom. The second-order valence-corrected chi connectivity index (χ2v) is 4.91. The van der Waals surface area contributed by atoms with Gasteiger partial charge in [0, 0.05) is 28.8 Å². The highest BCUT2D eigenvalue weighted by Gasteiger charge is 2.05. The zero-order chi connectivity index (χ0) is 11.1. The molecular weight excluding hydrogens is 274 g/mol. The van der Waals surface area contributed by atoms with E-state index in [0.717, 1.165) is 33.7 Å². The van der Waals surface area contributed by atoms with Crippen LogP contribution in [0.1, 0.15) is 12.0 Å². The molecule has 0 heterocycles. The van der Waals surface area contributed by atoms with Crippen LogP contribution in [0.4, 0.5) is 0 Å². The Morgan fingerprint density at radius 1 is 1.53 bits per heavy atom. The minimum Gasteiger partial charge on any atom is -0.385 e. The van der Waals surface area contributed by atoms with E-state index in [1.54, 1.807) is 18.9 Å². The summed E-state index contributed by atoms with van der Waals surface area (Å²) < 4.78 is 5.84. The number of nitriles is 1. The Kier molecular flexibility index (Phi) is 5.77. The topological polar surface area (TPSA) is 33.0 Å². The van der Waals surface area contributed by atoms with E-state index >= 15 is 0 Å². The number of benzene rings is 1. The summed E-state index contributed by atoms with van der Waals surface area (Å²) in [6.07, 6.45) is 0.999. The van der Waals surface area contributed by atoms with Gasteiger partial charge < -0.3 is 4.74 Å². The molecule has 80 valence electrons. The maximum Gasteiger partial charge on any atom is 0.101 e. The maximum absolute atomic E-state index is 8.98. The highest BCUT2D eigenvalue weighted by atomic mass is 79.9. The van der Waals surface area contributed by atoms with E-state index in [0.29, 0.717) is 0 Å². The van der Waals surface area contributed by atoms with E-state index in [-0.39, 0.29) is 0 Å². The molecule has 0 unspecified atom stereocenters. The highest BCUT2D eigenvalue weighted by Crippen LogP contribution is 2.28. The molecule has 2 nitrogen and oxygen atoms in total. The van der Waals surface area contributed by atoms with Crippen LogP contribution in [-0.2, 0) is 4.74 Å². The lowest BCUT2D eigenvalue weighted by Gasteiger charge is -2.04. The van der Waals surface area contributed by atoms with Crippen LogP contribution in [0.5, 0.6) is 0 Å². The van der Waals surface area contributed by atoms with Crippen molar-refractivity contribution in [3.63, 3.8) is 0 Å². The summed E-state index contributed by atoms with van der Waals surface area (Å²) in [4.78, 5) is 1.03. The average molecular weight is 286 g/mol. The van der Waals surface area contributed by atoms with Crippen LogP contribution in [0.3, 0.4) is 0 Å². The zero-order valence-corrected chi connectivity index (χ0v) is 10.9. The predicted molar refractivity (Wildman–Crippen MR) is 66.1 cm³/mol. The van der Waals surface area contributed by atoms with E-state index in [9.17, 15) is 0 Å². The van der Waals surface area contributed by atoms with Crippen LogP contribution >= 0.6 is 27.7 Å². The lowest BCUT2D eigenvalue weighted by molar-refractivity contribution is 0.200. The molecule has 0 aliphatic carbocycles. The van der Waals surface area contributed by atoms with Gasteiger partial charge in [-0.1, -0.05) is 6.07 Å². The van der Waals surface area contributed by atoms with Crippen LogP contribution in [0, 0.1) is 11.3 Å². The zero-order valence-electron chi connectivity index (χ0n) is 8.50. The summed E-state index contributed by atoms with van der Waals surface area (Å²) in [6, 6.07) is 8.01. The van der Waals surface area contributed by atoms with Gasteiger partial charge >= 0.3 is 0 Å². The van der Waals surface area contributed by atoms with Crippen LogP contribution in [0.15, 0.2) is 27.6 Å². The van der Waals surface area contributed by atoms with Gasteiger partial charge in [0.25, 0.3) is 0 Å². The predicted octanol–water partition coefficient (Wildman–Crippen LogP) is 3.45. The first-order valence-corrected chi connectivity index (χ1v) is 6.37. The molecular formula is C11H12BrNOS. The third-order valence-electron chi connectivity index (χ3n) is 1.84. The van der Waals surface area contributed by atoms with Gasteiger partial charge in [0.15, 0.2) is 0 Å². The molecule has 0 saturated carbocycles. The van der Waals surface area contributed by atoms with Crippen molar-refractivity contribution in [2.24, 2.45) is 0 Å². The molecule has 0 amide bonds. The first kappa shape index (κ1) is 12.6. The standard InChI is InChI=1S/C11H12BrNOS/c1-14-6-3-7-15-11-5-2-4-10(12)9(11)8-13/h2,4-5H,3,6-7H2,1H3. The molecule has 0 aliphatic rings. The maximum atomic E-state index is 8.98. The average Bonchev–Trinajstić information content (AvgIpc) is 2.24. The Morgan fingerprint density at radius 3 is 3.00 bits per heavy atom. The number of thioether (sulfide) groups is 1. The summed E-state index contributed by atoms with van der Waals surface area (Å²) in [7, 11) is 1.70. The Balaban J connectivity index is 2.61. The summed E-state index contributed by atoms with van der Waals surface area (Å²) in [5.74, 6) is 0.971. The molecule has 0 fully saturated rings. The van der Waals surface area contributed by atoms with E-state index in [4.69, 9.17) is 10.00 Å². The molecule has 0 bridgehead atoms. The molecule has 1 aromatic carbocycles. The van der Waals surface area contributed by atoms with Gasteiger partial charge in [-0.3, -0.25) is 0 Å². The number of methoxy groups -OCH3 is 1. The lowest BCUT2D eigenvalue weighted by Crippen LogP contribution is -1.91. The van der Waals surface area contributed by atoms with Crippen molar-refractivity contribution in [1.82, 2.24) is 0 Å². The minimum absolute atomic E-state index is 0.722. The van der Waals surface area contributed by atoms with Crippen LogP contribution in [0.2, 0.25) is 0 Å². The molecule has 0 atom stereocenters. The fourth-order valence-electron chi connectivity index (χ4n) is 1.12. The Bertz CT molecular complexity index is 362. The smallest absolute Gasteiger partial charge is 0.101 e. The molecule has 0 aliphatic heterocycles. The van der Waals surface area contributed by atoms with Gasteiger partial charge in [-0.25, -0.2) is 0 Å². The normalized spacial score (nSPS) is 9.93. The molecule has 4 heteroatoms. The Labute approximate surface area is 103 Å². The van der Waals surface area contributed by atoms with Crippen LogP contribution in [0.25, 0.3) is 0 Å². The van der Waals surface area contributed by atoms with Crippen molar-refractivity contribution in [2.75, 3.05) is 19.5 Å². The molecule has 0 saturated heterocycles. The SMILES string of the molecule is COCCCSc1cccc(Br)c1C#N. The third-order valence-corrected chi connectivity index (χ3v) is 3.64. The largest absolute Gasteiger partial charge is 0.385 e. The van der Waals surface area contributed by atoms with E-state index in [1.807, 2.05) is 18.2 Å². The number of halogens is 1. The van der Waals surface area contributed by atoms with E-state index in [1.165, 1.54) is 0 Å². The molecule has 0 spiro atoms. The second-order valence-electron chi connectivity index (χ2n) is 2.92. The molecule has 0 N–H and O–H groups in total. The van der Waals surface area contributed by atoms with Crippen molar-refractivity contribution in [3.05, 3.63) is 28.2 Å². The van der Waals surface area contributed by atoms with Gasteiger partial charge in [0.1, 0.15) is 6.07 Å². The van der Waals surface area contributed by atoms with Gasteiger partial charge in [0.2, 0.25) is 0 Å². The van der Waals surface area contributed by atoms with E-state index in [2.05, 4.69) is 22.0 Å². The van der Waals surface area contributed by atoms with Gasteiger partial charge in [-0.2, -0.15) is 5.26 Å². The second kappa shape index (κ2) is 6.89. The molecule has 0 radical (unpaired) electrons. The van der Waals surface area contributed by atoms with Gasteiger partial charge in [-0.15, -0.1) is 11.8 Å². The summed E-state index contributed by atoms with van der Waals surface area (Å²) >= 11 is 5.06. The summed E-state index contributed by atoms with van der Waals surface area (Å²) in [5, 5.41) is 8.98. The lowest BCUT2D eigenvalue weighted by atomic mass is 10.2. The fourth-order valence-corrected chi connectivity index (χ4v) is 2.66. The first-order valence-electron chi connectivity index (χ1n) is 4.60.